The largest absolute Gasteiger partial charge is 0.490 e. The first kappa shape index (κ1) is 15.6. The lowest BCUT2D eigenvalue weighted by Crippen LogP contribution is -2.42. The predicted octanol–water partition coefficient (Wildman–Crippen LogP) is 1.85. The molecule has 0 atom stereocenters. The molecular formula is C16H24N2O3. The predicted molar refractivity (Wildman–Crippen MR) is 81.5 cm³/mol. The van der Waals surface area contributed by atoms with E-state index in [-0.39, 0.29) is 24.6 Å². The molecule has 0 heterocycles. The number of para-hydroxylation sites is 2. The van der Waals surface area contributed by atoms with Crippen molar-refractivity contribution >= 4 is 5.91 Å². The molecule has 3 N–H and O–H groups in total. The van der Waals surface area contributed by atoms with Gasteiger partial charge >= 0.3 is 0 Å². The number of nitrogens with one attached hydrogen (secondary N) is 1. The molecule has 1 aliphatic rings. The average molecular weight is 292 g/mol. The highest BCUT2D eigenvalue weighted by Gasteiger charge is 2.20. The van der Waals surface area contributed by atoms with Crippen molar-refractivity contribution in [2.24, 2.45) is 5.73 Å². The third-order valence-corrected chi connectivity index (χ3v) is 3.64. The van der Waals surface area contributed by atoms with Gasteiger partial charge in [0.1, 0.15) is 0 Å². The Balaban J connectivity index is 1.78. The Hall–Kier alpha value is -1.75. The Labute approximate surface area is 125 Å². The van der Waals surface area contributed by atoms with Gasteiger partial charge in [-0.3, -0.25) is 4.79 Å². The Morgan fingerprint density at radius 2 is 1.81 bits per heavy atom. The molecule has 0 saturated heterocycles. The van der Waals surface area contributed by atoms with Gasteiger partial charge in [0.2, 0.25) is 0 Å². The van der Waals surface area contributed by atoms with Crippen molar-refractivity contribution in [2.75, 3.05) is 13.2 Å². The minimum absolute atomic E-state index is 0.00659. The van der Waals surface area contributed by atoms with Crippen LogP contribution < -0.4 is 20.5 Å². The van der Waals surface area contributed by atoms with Gasteiger partial charge in [-0.1, -0.05) is 12.1 Å². The van der Waals surface area contributed by atoms with E-state index >= 15 is 0 Å². The molecule has 21 heavy (non-hydrogen) atoms. The minimum Gasteiger partial charge on any atom is -0.490 e. The molecule has 0 unspecified atom stereocenters. The van der Waals surface area contributed by atoms with E-state index < -0.39 is 0 Å². The quantitative estimate of drug-likeness (QED) is 0.839. The fourth-order valence-electron chi connectivity index (χ4n) is 2.52. The van der Waals surface area contributed by atoms with E-state index in [1.54, 1.807) is 6.07 Å². The maximum atomic E-state index is 11.9. The van der Waals surface area contributed by atoms with E-state index in [0.29, 0.717) is 18.1 Å². The molecule has 0 spiro atoms. The summed E-state index contributed by atoms with van der Waals surface area (Å²) in [5.74, 6) is 1.17. The second-order valence-corrected chi connectivity index (χ2v) is 5.35. The molecule has 0 aliphatic heterocycles. The van der Waals surface area contributed by atoms with Gasteiger partial charge in [-0.15, -0.1) is 0 Å². The highest BCUT2D eigenvalue weighted by Crippen LogP contribution is 2.26. The van der Waals surface area contributed by atoms with E-state index in [2.05, 4.69) is 5.32 Å². The lowest BCUT2D eigenvalue weighted by Gasteiger charge is -2.26. The fourth-order valence-corrected chi connectivity index (χ4v) is 2.52. The summed E-state index contributed by atoms with van der Waals surface area (Å²) in [4.78, 5) is 11.9. The summed E-state index contributed by atoms with van der Waals surface area (Å²) in [6.45, 7) is 2.48. The second-order valence-electron chi connectivity index (χ2n) is 5.35. The molecule has 1 saturated carbocycles. The summed E-state index contributed by atoms with van der Waals surface area (Å²) in [5.41, 5.74) is 5.86. The van der Waals surface area contributed by atoms with Crippen LogP contribution >= 0.6 is 0 Å². The van der Waals surface area contributed by atoms with Crippen molar-refractivity contribution in [3.8, 4) is 11.5 Å². The van der Waals surface area contributed by atoms with Crippen molar-refractivity contribution in [2.45, 2.75) is 44.7 Å². The second kappa shape index (κ2) is 7.88. The minimum atomic E-state index is -0.0956. The standard InChI is InChI=1S/C16H24N2O3/c1-2-20-14-5-3-4-6-15(14)21-11-16(19)18-13-9-7-12(17)8-10-13/h3-6,12-13H,2,7-11,17H2,1H3,(H,18,19). The Morgan fingerprint density at radius 3 is 2.43 bits per heavy atom. The molecule has 1 aromatic rings. The Morgan fingerprint density at radius 1 is 1.19 bits per heavy atom. The van der Waals surface area contributed by atoms with Crippen LogP contribution in [0, 0.1) is 0 Å². The smallest absolute Gasteiger partial charge is 0.258 e. The first-order valence-electron chi connectivity index (χ1n) is 7.58. The monoisotopic (exact) mass is 292 g/mol. The molecule has 1 aromatic carbocycles. The van der Waals surface area contributed by atoms with Gasteiger partial charge in [0.25, 0.3) is 5.91 Å². The summed E-state index contributed by atoms with van der Waals surface area (Å²) in [6.07, 6.45) is 3.84. The molecule has 116 valence electrons. The van der Waals surface area contributed by atoms with E-state index in [1.165, 1.54) is 0 Å². The van der Waals surface area contributed by atoms with Crippen LogP contribution in [0.1, 0.15) is 32.6 Å². The van der Waals surface area contributed by atoms with Crippen LogP contribution in [0.4, 0.5) is 0 Å². The van der Waals surface area contributed by atoms with Crippen LogP contribution in [-0.4, -0.2) is 31.2 Å². The van der Waals surface area contributed by atoms with Crippen LogP contribution in [0.25, 0.3) is 0 Å². The normalized spacial score (nSPS) is 21.6. The van der Waals surface area contributed by atoms with E-state index in [9.17, 15) is 4.79 Å². The number of hydrogen-bond donors (Lipinski definition) is 2. The molecule has 1 fully saturated rings. The first-order chi connectivity index (χ1) is 10.2. The topological polar surface area (TPSA) is 73.6 Å². The average Bonchev–Trinajstić information content (AvgIpc) is 2.49. The number of hydrogen-bond acceptors (Lipinski definition) is 4. The molecule has 5 heteroatoms. The summed E-state index contributed by atoms with van der Waals surface area (Å²) < 4.78 is 11.0. The van der Waals surface area contributed by atoms with Crippen molar-refractivity contribution in [1.82, 2.24) is 5.32 Å². The Bertz CT molecular complexity index is 457. The van der Waals surface area contributed by atoms with Crippen LogP contribution in [-0.2, 0) is 4.79 Å². The SMILES string of the molecule is CCOc1ccccc1OCC(=O)NC1CCC(N)CC1. The van der Waals surface area contributed by atoms with Crippen molar-refractivity contribution in [1.29, 1.82) is 0 Å². The summed E-state index contributed by atoms with van der Waals surface area (Å²) in [7, 11) is 0. The van der Waals surface area contributed by atoms with Crippen molar-refractivity contribution in [3.05, 3.63) is 24.3 Å². The fraction of sp³-hybridized carbons (Fsp3) is 0.562. The molecule has 0 aromatic heterocycles. The number of amides is 1. The molecule has 5 nitrogen and oxygen atoms in total. The van der Waals surface area contributed by atoms with Crippen LogP contribution in [0.2, 0.25) is 0 Å². The van der Waals surface area contributed by atoms with E-state index in [0.717, 1.165) is 25.7 Å². The van der Waals surface area contributed by atoms with Crippen LogP contribution in [0.3, 0.4) is 0 Å². The molecule has 0 bridgehead atoms. The number of carbonyl (C=O) groups is 1. The van der Waals surface area contributed by atoms with Gasteiger partial charge in [-0.25, -0.2) is 0 Å². The van der Waals surface area contributed by atoms with Crippen molar-refractivity contribution < 1.29 is 14.3 Å². The maximum absolute atomic E-state index is 11.9. The highest BCUT2D eigenvalue weighted by atomic mass is 16.5. The summed E-state index contributed by atoms with van der Waals surface area (Å²) in [6, 6.07) is 7.88. The lowest BCUT2D eigenvalue weighted by molar-refractivity contribution is -0.124. The zero-order valence-corrected chi connectivity index (χ0v) is 12.5. The number of benzene rings is 1. The number of carbonyl (C=O) groups excluding carboxylic acids is 1. The van der Waals surface area contributed by atoms with Gasteiger partial charge in [0, 0.05) is 12.1 Å². The Kier molecular flexibility index (Phi) is 5.87. The lowest BCUT2D eigenvalue weighted by atomic mass is 9.92. The number of ether oxygens (including phenoxy) is 2. The summed E-state index contributed by atoms with van der Waals surface area (Å²) in [5, 5.41) is 3.00. The zero-order chi connectivity index (χ0) is 15.1. The molecule has 1 amide bonds. The zero-order valence-electron chi connectivity index (χ0n) is 12.5. The highest BCUT2D eigenvalue weighted by molar-refractivity contribution is 5.77. The van der Waals surface area contributed by atoms with Gasteiger partial charge in [0.15, 0.2) is 18.1 Å². The number of nitrogens with two attached hydrogens (primary N) is 1. The van der Waals surface area contributed by atoms with Crippen LogP contribution in [0.15, 0.2) is 24.3 Å². The van der Waals surface area contributed by atoms with Gasteiger partial charge in [-0.05, 0) is 44.7 Å². The van der Waals surface area contributed by atoms with E-state index in [4.69, 9.17) is 15.2 Å². The molecular weight excluding hydrogens is 268 g/mol. The summed E-state index contributed by atoms with van der Waals surface area (Å²) >= 11 is 0. The third kappa shape index (κ3) is 4.93. The van der Waals surface area contributed by atoms with E-state index in [1.807, 2.05) is 25.1 Å². The van der Waals surface area contributed by atoms with Gasteiger partial charge in [0.05, 0.1) is 6.61 Å². The van der Waals surface area contributed by atoms with Crippen molar-refractivity contribution in [3.63, 3.8) is 0 Å². The molecule has 2 rings (SSSR count). The number of rotatable bonds is 6. The van der Waals surface area contributed by atoms with Gasteiger partial charge < -0.3 is 20.5 Å². The van der Waals surface area contributed by atoms with Gasteiger partial charge in [-0.2, -0.15) is 0 Å². The first-order valence-corrected chi connectivity index (χ1v) is 7.58. The molecule has 0 radical (unpaired) electrons. The molecule has 1 aliphatic carbocycles. The third-order valence-electron chi connectivity index (χ3n) is 3.64. The van der Waals surface area contributed by atoms with Crippen LogP contribution in [0.5, 0.6) is 11.5 Å². The maximum Gasteiger partial charge on any atom is 0.258 e.